The zero-order valence-corrected chi connectivity index (χ0v) is 22.4. The molecule has 10 nitrogen and oxygen atoms in total. The molecular formula is C28H27ClN2O8. The van der Waals surface area contributed by atoms with Crippen LogP contribution in [0.4, 0.5) is 5.69 Å². The monoisotopic (exact) mass is 554 g/mol. The summed E-state index contributed by atoms with van der Waals surface area (Å²) in [6, 6.07) is 13.4. The van der Waals surface area contributed by atoms with E-state index in [1.165, 1.54) is 25.3 Å². The summed E-state index contributed by atoms with van der Waals surface area (Å²) < 4.78 is 22.0. The van der Waals surface area contributed by atoms with E-state index in [9.17, 15) is 19.7 Å². The van der Waals surface area contributed by atoms with Crippen molar-refractivity contribution in [3.8, 4) is 17.2 Å². The van der Waals surface area contributed by atoms with Crippen molar-refractivity contribution in [3.05, 3.63) is 92.0 Å². The van der Waals surface area contributed by atoms with Gasteiger partial charge in [0.05, 0.1) is 37.4 Å². The number of carbonyl (C=O) groups is 2. The number of rotatable bonds is 9. The Bertz CT molecular complexity index is 1390. The molecule has 1 unspecified atom stereocenters. The van der Waals surface area contributed by atoms with Crippen molar-refractivity contribution in [2.24, 2.45) is 0 Å². The van der Waals surface area contributed by atoms with Gasteiger partial charge in [-0.1, -0.05) is 11.6 Å². The van der Waals surface area contributed by atoms with Crippen LogP contribution in [0.3, 0.4) is 0 Å². The summed E-state index contributed by atoms with van der Waals surface area (Å²) in [7, 11) is 3.06. The molecule has 39 heavy (non-hydrogen) atoms. The van der Waals surface area contributed by atoms with Crippen LogP contribution in [0, 0.1) is 10.1 Å². The van der Waals surface area contributed by atoms with Crippen molar-refractivity contribution in [2.75, 3.05) is 34.0 Å². The SMILES string of the molecule is CCOC(=O)c1ccc(OCC2c3cc(OC)c(OC)cc3CCN2C(=O)c2cc(Cl)ccc2[N+](=O)[O-])cc1. The molecule has 0 saturated heterocycles. The zero-order valence-electron chi connectivity index (χ0n) is 21.6. The number of nitrogens with zero attached hydrogens (tertiary/aromatic N) is 2. The Morgan fingerprint density at radius 3 is 2.38 bits per heavy atom. The molecule has 0 fully saturated rings. The van der Waals surface area contributed by atoms with E-state index < -0.39 is 22.8 Å². The molecule has 4 rings (SSSR count). The number of hydrogen-bond donors (Lipinski definition) is 0. The molecule has 204 valence electrons. The van der Waals surface area contributed by atoms with E-state index in [1.807, 2.05) is 6.07 Å². The average Bonchev–Trinajstić information content (AvgIpc) is 2.94. The van der Waals surface area contributed by atoms with Crippen LogP contribution in [0.15, 0.2) is 54.6 Å². The summed E-state index contributed by atoms with van der Waals surface area (Å²) in [5, 5.41) is 11.9. The van der Waals surface area contributed by atoms with E-state index in [1.54, 1.807) is 49.3 Å². The molecule has 0 aliphatic carbocycles. The Kier molecular flexibility index (Phi) is 8.55. The lowest BCUT2D eigenvalue weighted by Gasteiger charge is -2.37. The van der Waals surface area contributed by atoms with E-state index in [-0.39, 0.29) is 36.0 Å². The molecule has 1 atom stereocenters. The zero-order chi connectivity index (χ0) is 28.1. The Morgan fingerprint density at radius 2 is 1.74 bits per heavy atom. The third-order valence-electron chi connectivity index (χ3n) is 6.42. The highest BCUT2D eigenvalue weighted by Gasteiger charge is 2.36. The predicted molar refractivity (Wildman–Crippen MR) is 143 cm³/mol. The Balaban J connectivity index is 1.70. The van der Waals surface area contributed by atoms with Crippen LogP contribution < -0.4 is 14.2 Å². The van der Waals surface area contributed by atoms with E-state index in [0.29, 0.717) is 29.2 Å². The molecule has 1 aliphatic heterocycles. The lowest BCUT2D eigenvalue weighted by atomic mass is 9.91. The first kappa shape index (κ1) is 27.7. The fourth-order valence-corrected chi connectivity index (χ4v) is 4.69. The fraction of sp³-hybridized carbons (Fsp3) is 0.286. The number of carbonyl (C=O) groups excluding carboxylic acids is 2. The highest BCUT2D eigenvalue weighted by molar-refractivity contribution is 6.31. The smallest absolute Gasteiger partial charge is 0.338 e. The summed E-state index contributed by atoms with van der Waals surface area (Å²) >= 11 is 6.11. The number of nitro benzene ring substituents is 1. The number of nitro groups is 1. The number of esters is 1. The highest BCUT2D eigenvalue weighted by Crippen LogP contribution is 2.39. The van der Waals surface area contributed by atoms with Crippen LogP contribution in [0.25, 0.3) is 0 Å². The van der Waals surface area contributed by atoms with E-state index in [4.69, 9.17) is 30.5 Å². The number of halogens is 1. The van der Waals surface area contributed by atoms with E-state index in [0.717, 1.165) is 11.1 Å². The first-order chi connectivity index (χ1) is 18.8. The molecule has 1 aliphatic rings. The highest BCUT2D eigenvalue weighted by atomic mass is 35.5. The van der Waals surface area contributed by atoms with Crippen LogP contribution in [-0.2, 0) is 11.2 Å². The number of hydrogen-bond acceptors (Lipinski definition) is 8. The van der Waals surface area contributed by atoms with Gasteiger partial charge in [0.1, 0.15) is 17.9 Å². The van der Waals surface area contributed by atoms with Gasteiger partial charge in [-0.2, -0.15) is 0 Å². The third kappa shape index (κ3) is 5.91. The van der Waals surface area contributed by atoms with E-state index >= 15 is 0 Å². The standard InChI is InChI=1S/C28H27ClN2O8/c1-4-38-28(33)17-5-8-20(9-6-17)39-16-24-21-15-26(37-3)25(36-2)13-18(21)11-12-30(24)27(32)22-14-19(29)7-10-23(22)31(34)35/h5-10,13-15,24H,4,11-12,16H2,1-3H3. The molecule has 3 aromatic carbocycles. The first-order valence-electron chi connectivity index (χ1n) is 12.2. The van der Waals surface area contributed by atoms with Crippen LogP contribution in [0.2, 0.25) is 5.02 Å². The molecule has 3 aromatic rings. The lowest BCUT2D eigenvalue weighted by Crippen LogP contribution is -2.42. The van der Waals surface area contributed by atoms with Crippen LogP contribution in [-0.4, -0.2) is 55.7 Å². The lowest BCUT2D eigenvalue weighted by molar-refractivity contribution is -0.385. The van der Waals surface area contributed by atoms with Gasteiger partial charge in [0.25, 0.3) is 11.6 Å². The van der Waals surface area contributed by atoms with Crippen molar-refractivity contribution in [1.29, 1.82) is 0 Å². The predicted octanol–water partition coefficient (Wildman–Crippen LogP) is 5.26. The molecule has 1 heterocycles. The average molecular weight is 555 g/mol. The first-order valence-corrected chi connectivity index (χ1v) is 12.5. The van der Waals surface area contributed by atoms with Gasteiger partial charge in [0.2, 0.25) is 0 Å². The van der Waals surface area contributed by atoms with Gasteiger partial charge in [-0.05, 0) is 73.0 Å². The minimum absolute atomic E-state index is 0.0291. The second-order valence-corrected chi connectivity index (χ2v) is 9.08. The maximum absolute atomic E-state index is 13.8. The van der Waals surface area contributed by atoms with Gasteiger partial charge < -0.3 is 23.8 Å². The van der Waals surface area contributed by atoms with Crippen molar-refractivity contribution in [2.45, 2.75) is 19.4 Å². The number of fused-ring (bicyclic) bond motifs is 1. The maximum Gasteiger partial charge on any atom is 0.338 e. The second-order valence-electron chi connectivity index (χ2n) is 8.64. The fourth-order valence-electron chi connectivity index (χ4n) is 4.52. The van der Waals surface area contributed by atoms with Gasteiger partial charge in [0, 0.05) is 17.6 Å². The molecule has 0 bridgehead atoms. The number of methoxy groups -OCH3 is 2. The molecule has 0 radical (unpaired) electrons. The molecule has 0 aromatic heterocycles. The molecule has 1 amide bonds. The largest absolute Gasteiger partial charge is 0.493 e. The number of ether oxygens (including phenoxy) is 4. The van der Waals surface area contributed by atoms with Gasteiger partial charge in [-0.15, -0.1) is 0 Å². The number of amides is 1. The van der Waals surface area contributed by atoms with Crippen molar-refractivity contribution in [1.82, 2.24) is 4.90 Å². The molecular weight excluding hydrogens is 528 g/mol. The summed E-state index contributed by atoms with van der Waals surface area (Å²) in [5.41, 5.74) is 1.63. The van der Waals surface area contributed by atoms with Gasteiger partial charge in [0.15, 0.2) is 11.5 Å². The molecule has 11 heteroatoms. The van der Waals surface area contributed by atoms with Gasteiger partial charge in [-0.25, -0.2) is 4.79 Å². The van der Waals surface area contributed by atoms with Crippen molar-refractivity contribution in [3.63, 3.8) is 0 Å². The third-order valence-corrected chi connectivity index (χ3v) is 6.66. The topological polar surface area (TPSA) is 117 Å². The maximum atomic E-state index is 13.8. The minimum Gasteiger partial charge on any atom is -0.493 e. The summed E-state index contributed by atoms with van der Waals surface area (Å²) in [4.78, 5) is 38.4. The van der Waals surface area contributed by atoms with E-state index in [2.05, 4.69) is 0 Å². The van der Waals surface area contributed by atoms with Gasteiger partial charge >= 0.3 is 5.97 Å². The molecule has 0 spiro atoms. The molecule has 0 N–H and O–H groups in total. The van der Waals surface area contributed by atoms with Crippen molar-refractivity contribution >= 4 is 29.2 Å². The van der Waals surface area contributed by atoms with Crippen LogP contribution in [0.1, 0.15) is 44.8 Å². The Labute approximate surface area is 230 Å². The normalized spacial score (nSPS) is 14.3. The van der Waals surface area contributed by atoms with Crippen LogP contribution in [0.5, 0.6) is 17.2 Å². The minimum atomic E-state index is -0.621. The summed E-state index contributed by atoms with van der Waals surface area (Å²) in [6.07, 6.45) is 0.487. The summed E-state index contributed by atoms with van der Waals surface area (Å²) in [5.74, 6) is 0.512. The Morgan fingerprint density at radius 1 is 1.05 bits per heavy atom. The Hall–Kier alpha value is -4.31. The second kappa shape index (κ2) is 12.0. The van der Waals surface area contributed by atoms with Crippen LogP contribution >= 0.6 is 11.6 Å². The quantitative estimate of drug-likeness (QED) is 0.200. The van der Waals surface area contributed by atoms with Crippen molar-refractivity contribution < 1.29 is 33.5 Å². The van der Waals surface area contributed by atoms with Gasteiger partial charge in [-0.3, -0.25) is 14.9 Å². The number of benzene rings is 3. The molecule has 0 saturated carbocycles. The summed E-state index contributed by atoms with van der Waals surface area (Å²) in [6.45, 7) is 2.30.